The van der Waals surface area contributed by atoms with Crippen LogP contribution in [0.25, 0.3) is 0 Å². The number of urea groups is 1. The molecule has 0 atom stereocenters. The summed E-state index contributed by atoms with van der Waals surface area (Å²) in [6.07, 6.45) is 0. The fourth-order valence-corrected chi connectivity index (χ4v) is 3.96. The van der Waals surface area contributed by atoms with Gasteiger partial charge in [0.15, 0.2) is 0 Å². The predicted octanol–water partition coefficient (Wildman–Crippen LogP) is 3.82. The SMILES string of the molecule is NC(=O)NCc1ccc(C(=O)N(Cc2cccs2)Cc2cccs2)cc1. The fourth-order valence-electron chi connectivity index (χ4n) is 2.52. The van der Waals surface area contributed by atoms with Crippen LogP contribution >= 0.6 is 22.7 Å². The lowest BCUT2D eigenvalue weighted by atomic mass is 10.1. The van der Waals surface area contributed by atoms with Gasteiger partial charge in [0.2, 0.25) is 0 Å². The van der Waals surface area contributed by atoms with E-state index in [9.17, 15) is 9.59 Å². The van der Waals surface area contributed by atoms with Gasteiger partial charge in [-0.2, -0.15) is 0 Å². The molecule has 3 rings (SSSR count). The van der Waals surface area contributed by atoms with Gasteiger partial charge in [0, 0.05) is 21.9 Å². The van der Waals surface area contributed by atoms with Crippen LogP contribution in [-0.2, 0) is 19.6 Å². The van der Waals surface area contributed by atoms with Crippen LogP contribution in [-0.4, -0.2) is 16.8 Å². The molecule has 134 valence electrons. The maximum Gasteiger partial charge on any atom is 0.312 e. The molecule has 0 aliphatic rings. The molecule has 3 amide bonds. The fraction of sp³-hybridized carbons (Fsp3) is 0.158. The van der Waals surface area contributed by atoms with Gasteiger partial charge < -0.3 is 16.0 Å². The standard InChI is InChI=1S/C19H19N3O2S2/c20-19(24)21-11-14-5-7-15(8-6-14)18(23)22(12-16-3-1-9-25-16)13-17-4-2-10-26-17/h1-10H,11-13H2,(H3,20,21,24). The number of nitrogens with one attached hydrogen (secondary N) is 1. The number of hydrogen-bond donors (Lipinski definition) is 2. The minimum Gasteiger partial charge on any atom is -0.352 e. The lowest BCUT2D eigenvalue weighted by Gasteiger charge is -2.22. The summed E-state index contributed by atoms with van der Waals surface area (Å²) in [5.74, 6) is -0.0128. The minimum atomic E-state index is -0.566. The van der Waals surface area contributed by atoms with E-state index < -0.39 is 6.03 Å². The monoisotopic (exact) mass is 385 g/mol. The van der Waals surface area contributed by atoms with Crippen molar-refractivity contribution in [1.29, 1.82) is 0 Å². The number of primary amides is 1. The molecule has 3 N–H and O–H groups in total. The molecule has 3 aromatic rings. The Morgan fingerprint density at radius 1 is 0.923 bits per heavy atom. The highest BCUT2D eigenvalue weighted by molar-refractivity contribution is 7.10. The van der Waals surface area contributed by atoms with Crippen LogP contribution in [0.1, 0.15) is 25.7 Å². The summed E-state index contributed by atoms with van der Waals surface area (Å²) in [7, 11) is 0. The molecule has 2 heterocycles. The van der Waals surface area contributed by atoms with Gasteiger partial charge in [-0.3, -0.25) is 4.79 Å². The van der Waals surface area contributed by atoms with Crippen LogP contribution in [0.5, 0.6) is 0 Å². The maximum atomic E-state index is 13.0. The number of hydrogen-bond acceptors (Lipinski definition) is 4. The van der Waals surface area contributed by atoms with E-state index in [2.05, 4.69) is 5.32 Å². The number of nitrogens with zero attached hydrogens (tertiary/aromatic N) is 1. The summed E-state index contributed by atoms with van der Waals surface area (Å²) in [4.78, 5) is 28.0. The van der Waals surface area contributed by atoms with E-state index in [4.69, 9.17) is 5.73 Å². The third-order valence-corrected chi connectivity index (χ3v) is 5.53. The smallest absolute Gasteiger partial charge is 0.312 e. The second-order valence-corrected chi connectivity index (χ2v) is 7.80. The first-order valence-corrected chi connectivity index (χ1v) is 9.84. The lowest BCUT2D eigenvalue weighted by Crippen LogP contribution is -2.30. The molecule has 2 aromatic heterocycles. The second kappa shape index (κ2) is 8.64. The van der Waals surface area contributed by atoms with E-state index in [1.807, 2.05) is 52.1 Å². The molecule has 0 saturated carbocycles. The number of thiophene rings is 2. The summed E-state index contributed by atoms with van der Waals surface area (Å²) in [5, 5.41) is 6.57. The zero-order chi connectivity index (χ0) is 18.4. The van der Waals surface area contributed by atoms with E-state index in [0.29, 0.717) is 25.2 Å². The largest absolute Gasteiger partial charge is 0.352 e. The third-order valence-electron chi connectivity index (χ3n) is 3.81. The predicted molar refractivity (Wildman–Crippen MR) is 105 cm³/mol. The number of nitrogens with two attached hydrogens (primary N) is 1. The van der Waals surface area contributed by atoms with Gasteiger partial charge in [-0.25, -0.2) is 4.79 Å². The molecule has 0 spiro atoms. The van der Waals surface area contributed by atoms with E-state index >= 15 is 0 Å². The second-order valence-electron chi connectivity index (χ2n) is 5.73. The summed E-state index contributed by atoms with van der Waals surface area (Å²) >= 11 is 3.29. The number of benzene rings is 1. The van der Waals surface area contributed by atoms with Crippen LogP contribution in [0.4, 0.5) is 4.79 Å². The molecule has 0 radical (unpaired) electrons. The maximum absolute atomic E-state index is 13.0. The number of rotatable bonds is 7. The molecular formula is C19H19N3O2S2. The Labute approximate surface area is 160 Å². The quantitative estimate of drug-likeness (QED) is 0.649. The topological polar surface area (TPSA) is 75.4 Å². The van der Waals surface area contributed by atoms with Gasteiger partial charge in [-0.15, -0.1) is 22.7 Å². The van der Waals surface area contributed by atoms with Crippen LogP contribution in [0.15, 0.2) is 59.3 Å². The summed E-state index contributed by atoms with van der Waals surface area (Å²) in [6.45, 7) is 1.51. The molecule has 0 aliphatic carbocycles. The van der Waals surface area contributed by atoms with Crippen molar-refractivity contribution < 1.29 is 9.59 Å². The van der Waals surface area contributed by atoms with Crippen molar-refractivity contribution in [2.24, 2.45) is 5.73 Å². The zero-order valence-electron chi connectivity index (χ0n) is 14.1. The van der Waals surface area contributed by atoms with Crippen molar-refractivity contribution in [2.75, 3.05) is 0 Å². The first kappa shape index (κ1) is 18.2. The number of carbonyl (C=O) groups is 2. The molecule has 0 unspecified atom stereocenters. The summed E-state index contributed by atoms with van der Waals surface area (Å²) < 4.78 is 0. The van der Waals surface area contributed by atoms with Crippen LogP contribution in [0.2, 0.25) is 0 Å². The van der Waals surface area contributed by atoms with Gasteiger partial charge in [0.05, 0.1) is 13.1 Å². The minimum absolute atomic E-state index is 0.0128. The average molecular weight is 386 g/mol. The molecule has 26 heavy (non-hydrogen) atoms. The van der Waals surface area contributed by atoms with Gasteiger partial charge in [0.1, 0.15) is 0 Å². The number of amides is 3. The number of carbonyl (C=O) groups excluding carboxylic acids is 2. The van der Waals surface area contributed by atoms with E-state index in [0.717, 1.165) is 15.3 Å². The van der Waals surface area contributed by atoms with Crippen molar-refractivity contribution >= 4 is 34.6 Å². The third kappa shape index (κ3) is 4.93. The Balaban J connectivity index is 1.74. The van der Waals surface area contributed by atoms with Crippen LogP contribution in [0, 0.1) is 0 Å². The van der Waals surface area contributed by atoms with Gasteiger partial charge in [-0.1, -0.05) is 24.3 Å². The van der Waals surface area contributed by atoms with E-state index in [1.165, 1.54) is 0 Å². The Morgan fingerprint density at radius 2 is 1.50 bits per heavy atom. The Bertz CT molecular complexity index is 807. The summed E-state index contributed by atoms with van der Waals surface area (Å²) in [6, 6.07) is 14.7. The molecule has 7 heteroatoms. The molecular weight excluding hydrogens is 366 g/mol. The van der Waals surface area contributed by atoms with Crippen molar-refractivity contribution in [2.45, 2.75) is 19.6 Å². The molecule has 0 saturated heterocycles. The highest BCUT2D eigenvalue weighted by atomic mass is 32.1. The molecule has 5 nitrogen and oxygen atoms in total. The van der Waals surface area contributed by atoms with Crippen molar-refractivity contribution in [3.05, 3.63) is 80.2 Å². The first-order valence-electron chi connectivity index (χ1n) is 8.08. The van der Waals surface area contributed by atoms with E-state index in [-0.39, 0.29) is 5.91 Å². The molecule has 0 bridgehead atoms. The average Bonchev–Trinajstić information content (AvgIpc) is 3.33. The molecule has 0 aliphatic heterocycles. The highest BCUT2D eigenvalue weighted by Gasteiger charge is 2.17. The summed E-state index contributed by atoms with van der Waals surface area (Å²) in [5.41, 5.74) is 6.60. The van der Waals surface area contributed by atoms with Gasteiger partial charge in [0.25, 0.3) is 5.91 Å². The lowest BCUT2D eigenvalue weighted by molar-refractivity contribution is 0.0733. The van der Waals surface area contributed by atoms with Crippen molar-refractivity contribution in [3.8, 4) is 0 Å². The van der Waals surface area contributed by atoms with Crippen molar-refractivity contribution in [3.63, 3.8) is 0 Å². The van der Waals surface area contributed by atoms with Crippen LogP contribution < -0.4 is 11.1 Å². The zero-order valence-corrected chi connectivity index (χ0v) is 15.7. The Kier molecular flexibility index (Phi) is 6.04. The van der Waals surface area contributed by atoms with Crippen LogP contribution in [0.3, 0.4) is 0 Å². The molecule has 0 fully saturated rings. The molecule has 1 aromatic carbocycles. The Hall–Kier alpha value is -2.64. The highest BCUT2D eigenvalue weighted by Crippen LogP contribution is 2.19. The first-order chi connectivity index (χ1) is 12.6. The van der Waals surface area contributed by atoms with E-state index in [1.54, 1.807) is 34.8 Å². The normalized spacial score (nSPS) is 10.5. The van der Waals surface area contributed by atoms with Gasteiger partial charge >= 0.3 is 6.03 Å². The van der Waals surface area contributed by atoms with Gasteiger partial charge in [-0.05, 0) is 40.6 Å². The van der Waals surface area contributed by atoms with Crippen molar-refractivity contribution in [1.82, 2.24) is 10.2 Å². The Morgan fingerprint density at radius 3 is 1.96 bits per heavy atom.